The fourth-order valence-electron chi connectivity index (χ4n) is 3.02. The van der Waals surface area contributed by atoms with Crippen LogP contribution < -0.4 is 5.56 Å². The van der Waals surface area contributed by atoms with Gasteiger partial charge in [0, 0.05) is 6.54 Å². The molecular formula is C21H18FN5OS. The van der Waals surface area contributed by atoms with E-state index < -0.39 is 0 Å². The zero-order chi connectivity index (χ0) is 20.4. The molecule has 0 saturated heterocycles. The maximum atomic E-state index is 14.3. The van der Waals surface area contributed by atoms with Crippen molar-refractivity contribution in [2.45, 2.75) is 23.9 Å². The summed E-state index contributed by atoms with van der Waals surface area (Å²) in [4.78, 5) is 19.8. The van der Waals surface area contributed by atoms with Crippen LogP contribution in [0.3, 0.4) is 0 Å². The summed E-state index contributed by atoms with van der Waals surface area (Å²) in [5.41, 5.74) is 0.828. The predicted molar refractivity (Wildman–Crippen MR) is 112 cm³/mol. The molecule has 8 heteroatoms. The molecule has 2 aromatic heterocycles. The Kier molecular flexibility index (Phi) is 5.26. The molecule has 6 nitrogen and oxygen atoms in total. The molecule has 0 saturated carbocycles. The zero-order valence-electron chi connectivity index (χ0n) is 15.7. The van der Waals surface area contributed by atoms with Gasteiger partial charge in [-0.1, -0.05) is 42.1 Å². The topological polar surface area (TPSA) is 76.5 Å². The van der Waals surface area contributed by atoms with Gasteiger partial charge in [-0.25, -0.2) is 9.37 Å². The number of benzene rings is 2. The van der Waals surface area contributed by atoms with Gasteiger partial charge in [0.1, 0.15) is 11.6 Å². The van der Waals surface area contributed by atoms with E-state index in [1.54, 1.807) is 41.0 Å². The first-order valence-electron chi connectivity index (χ1n) is 9.03. The number of fused-ring (bicyclic) bond motifs is 1. The second kappa shape index (κ2) is 8.00. The van der Waals surface area contributed by atoms with Gasteiger partial charge in [0.05, 0.1) is 21.7 Å². The van der Waals surface area contributed by atoms with Crippen LogP contribution in [0.25, 0.3) is 22.3 Å². The average molecular weight is 407 g/mol. The van der Waals surface area contributed by atoms with E-state index in [-0.39, 0.29) is 16.6 Å². The first-order chi connectivity index (χ1) is 14.1. The molecule has 0 fully saturated rings. The van der Waals surface area contributed by atoms with Crippen LogP contribution in [-0.4, -0.2) is 24.7 Å². The van der Waals surface area contributed by atoms with Crippen molar-refractivity contribution in [1.82, 2.24) is 24.7 Å². The number of hydrogen-bond donors (Lipinski definition) is 1. The van der Waals surface area contributed by atoms with Crippen LogP contribution in [0.4, 0.5) is 4.39 Å². The van der Waals surface area contributed by atoms with Crippen LogP contribution in [0.15, 0.2) is 71.1 Å². The molecule has 4 rings (SSSR count). The molecule has 4 aromatic rings. The third kappa shape index (κ3) is 3.71. The van der Waals surface area contributed by atoms with Gasteiger partial charge in [-0.05, 0) is 31.2 Å². The summed E-state index contributed by atoms with van der Waals surface area (Å²) in [7, 11) is 0. The molecule has 0 bridgehead atoms. The molecule has 0 aliphatic rings. The minimum Gasteiger partial charge on any atom is -0.309 e. The van der Waals surface area contributed by atoms with Crippen molar-refractivity contribution in [3.05, 3.63) is 83.2 Å². The number of rotatable bonds is 6. The van der Waals surface area contributed by atoms with E-state index in [1.807, 2.05) is 19.1 Å². The lowest BCUT2D eigenvalue weighted by molar-refractivity contribution is 0.626. The van der Waals surface area contributed by atoms with E-state index in [0.29, 0.717) is 39.8 Å². The van der Waals surface area contributed by atoms with Crippen LogP contribution in [0.2, 0.25) is 0 Å². The fraction of sp³-hybridized carbons (Fsp3) is 0.143. The summed E-state index contributed by atoms with van der Waals surface area (Å²) < 4.78 is 16.1. The molecule has 1 N–H and O–H groups in total. The van der Waals surface area contributed by atoms with Crippen LogP contribution in [-0.2, 0) is 6.54 Å². The lowest BCUT2D eigenvalue weighted by Crippen LogP contribution is -2.13. The monoisotopic (exact) mass is 407 g/mol. The van der Waals surface area contributed by atoms with Crippen LogP contribution in [0.5, 0.6) is 0 Å². The summed E-state index contributed by atoms with van der Waals surface area (Å²) >= 11 is 1.39. The van der Waals surface area contributed by atoms with Gasteiger partial charge in [-0.15, -0.1) is 16.8 Å². The fourth-order valence-corrected chi connectivity index (χ4v) is 3.94. The number of aromatic amines is 1. The predicted octanol–water partition coefficient (Wildman–Crippen LogP) is 4.36. The van der Waals surface area contributed by atoms with E-state index in [0.717, 1.165) is 0 Å². The Balaban J connectivity index is 1.70. The minimum atomic E-state index is -0.365. The number of hydrogen-bond acceptors (Lipinski definition) is 5. The van der Waals surface area contributed by atoms with Gasteiger partial charge >= 0.3 is 0 Å². The van der Waals surface area contributed by atoms with Crippen LogP contribution >= 0.6 is 11.8 Å². The Hall–Kier alpha value is -3.26. The van der Waals surface area contributed by atoms with Crippen molar-refractivity contribution < 1.29 is 4.39 Å². The van der Waals surface area contributed by atoms with Gasteiger partial charge in [0.25, 0.3) is 5.56 Å². The maximum Gasteiger partial charge on any atom is 0.258 e. The Morgan fingerprint density at radius 3 is 2.76 bits per heavy atom. The van der Waals surface area contributed by atoms with E-state index in [2.05, 4.69) is 26.7 Å². The number of aromatic nitrogens is 5. The van der Waals surface area contributed by atoms with Gasteiger partial charge in [0.2, 0.25) is 0 Å². The van der Waals surface area contributed by atoms with Gasteiger partial charge in [-0.3, -0.25) is 9.36 Å². The minimum absolute atomic E-state index is 0.183. The van der Waals surface area contributed by atoms with Crippen molar-refractivity contribution >= 4 is 22.7 Å². The van der Waals surface area contributed by atoms with E-state index in [9.17, 15) is 9.18 Å². The highest BCUT2D eigenvalue weighted by Gasteiger charge is 2.20. The summed E-state index contributed by atoms with van der Waals surface area (Å²) in [5, 5.41) is 9.37. The Morgan fingerprint density at radius 1 is 1.21 bits per heavy atom. The molecule has 2 heterocycles. The summed E-state index contributed by atoms with van der Waals surface area (Å²) in [6, 6.07) is 13.6. The number of nitrogens with zero attached hydrogens (tertiary/aromatic N) is 4. The lowest BCUT2D eigenvalue weighted by atomic mass is 10.2. The number of nitrogens with one attached hydrogen (secondary N) is 1. The first kappa shape index (κ1) is 19.1. The second-order valence-corrected chi connectivity index (χ2v) is 7.72. The third-order valence-electron chi connectivity index (χ3n) is 4.44. The number of allylic oxidation sites excluding steroid dienone is 1. The molecule has 0 amide bonds. The van der Waals surface area contributed by atoms with Crippen molar-refractivity contribution in [1.29, 1.82) is 0 Å². The molecule has 2 aromatic carbocycles. The smallest absolute Gasteiger partial charge is 0.258 e. The molecule has 0 radical (unpaired) electrons. The Bertz CT molecular complexity index is 1250. The first-order valence-corrected chi connectivity index (χ1v) is 9.91. The molecule has 29 heavy (non-hydrogen) atoms. The summed E-state index contributed by atoms with van der Waals surface area (Å²) in [6.07, 6.45) is 1.71. The third-order valence-corrected chi connectivity index (χ3v) is 5.53. The standard InChI is InChI=1S/C21H18FN5OS/c1-3-12-27-19(14-8-4-6-10-16(14)22)25-26-21(27)29-13(2)18-23-17-11-7-5-9-15(17)20(28)24-18/h3-11,13H,1,12H2,2H3,(H,23,24,28). The van der Waals surface area contributed by atoms with Crippen molar-refractivity contribution in [3.63, 3.8) is 0 Å². The highest BCUT2D eigenvalue weighted by atomic mass is 32.2. The van der Waals surface area contributed by atoms with Crippen molar-refractivity contribution in [2.75, 3.05) is 0 Å². The summed E-state index contributed by atoms with van der Waals surface area (Å²) in [5.74, 6) is 0.604. The number of H-pyrrole nitrogens is 1. The van der Waals surface area contributed by atoms with E-state index in [4.69, 9.17) is 0 Å². The van der Waals surface area contributed by atoms with Gasteiger partial charge in [-0.2, -0.15) is 0 Å². The molecule has 0 spiro atoms. The normalized spacial score (nSPS) is 12.2. The molecule has 1 atom stereocenters. The van der Waals surface area contributed by atoms with Crippen molar-refractivity contribution in [3.8, 4) is 11.4 Å². The molecule has 1 unspecified atom stereocenters. The highest BCUT2D eigenvalue weighted by molar-refractivity contribution is 7.99. The number of halogens is 1. The summed E-state index contributed by atoms with van der Waals surface area (Å²) in [6.45, 7) is 6.13. The lowest BCUT2D eigenvalue weighted by Gasteiger charge is -2.12. The van der Waals surface area contributed by atoms with Crippen molar-refractivity contribution in [2.24, 2.45) is 0 Å². The van der Waals surface area contributed by atoms with Gasteiger partial charge < -0.3 is 4.98 Å². The SMILES string of the molecule is C=CCn1c(SC(C)c2nc3ccccc3c(=O)[nH]2)nnc1-c1ccccc1F. The van der Waals surface area contributed by atoms with Gasteiger partial charge in [0.15, 0.2) is 11.0 Å². The molecule has 146 valence electrons. The highest BCUT2D eigenvalue weighted by Crippen LogP contribution is 2.34. The molecule has 0 aliphatic heterocycles. The Morgan fingerprint density at radius 2 is 1.97 bits per heavy atom. The average Bonchev–Trinajstić information content (AvgIpc) is 3.10. The van der Waals surface area contributed by atoms with E-state index in [1.165, 1.54) is 17.8 Å². The van der Waals surface area contributed by atoms with Crippen LogP contribution in [0, 0.1) is 5.82 Å². The van der Waals surface area contributed by atoms with Crippen LogP contribution in [0.1, 0.15) is 18.0 Å². The zero-order valence-corrected chi connectivity index (χ0v) is 16.5. The number of thioether (sulfide) groups is 1. The maximum absolute atomic E-state index is 14.3. The van der Waals surface area contributed by atoms with E-state index >= 15 is 0 Å². The quantitative estimate of drug-likeness (QED) is 0.380. The molecule has 0 aliphatic carbocycles. The molecular weight excluding hydrogens is 389 g/mol. The second-order valence-electron chi connectivity index (χ2n) is 6.41. The largest absolute Gasteiger partial charge is 0.309 e. The Labute approximate surface area is 170 Å². The number of para-hydroxylation sites is 1.